The summed E-state index contributed by atoms with van der Waals surface area (Å²) in [5.74, 6) is -0.492. The fourth-order valence-corrected chi connectivity index (χ4v) is 1.71. The van der Waals surface area contributed by atoms with Crippen molar-refractivity contribution < 1.29 is 14.3 Å². The molecule has 0 aromatic heterocycles. The van der Waals surface area contributed by atoms with Crippen LogP contribution in [0.15, 0.2) is 18.2 Å². The molecule has 1 atom stereocenters. The predicted molar refractivity (Wildman–Crippen MR) is 64.9 cm³/mol. The lowest BCUT2D eigenvalue weighted by atomic mass is 10.1. The average molecular weight is 260 g/mol. The lowest BCUT2D eigenvalue weighted by Crippen LogP contribution is -2.28. The molecule has 3 nitrogen and oxygen atoms in total. The Bertz CT molecular complexity index is 398. The van der Waals surface area contributed by atoms with Gasteiger partial charge < -0.3 is 10.4 Å². The smallest absolute Gasteiger partial charge is 0.255 e. The summed E-state index contributed by atoms with van der Waals surface area (Å²) in [6, 6.07) is 3.27. The maximum Gasteiger partial charge on any atom is 0.255 e. The lowest BCUT2D eigenvalue weighted by Gasteiger charge is -2.11. The molecule has 0 aliphatic carbocycles. The third-order valence-electron chi connectivity index (χ3n) is 2.42. The maximum atomic E-state index is 12.9. The van der Waals surface area contributed by atoms with Crippen molar-refractivity contribution >= 4 is 17.5 Å². The minimum absolute atomic E-state index is 0.0527. The summed E-state index contributed by atoms with van der Waals surface area (Å²) in [7, 11) is 0. The number of phenols is 1. The summed E-state index contributed by atoms with van der Waals surface area (Å²) in [6.45, 7) is 2.40. The molecule has 1 amide bonds. The van der Waals surface area contributed by atoms with Crippen LogP contribution in [-0.2, 0) is 0 Å². The molecule has 0 radical (unpaired) electrons. The molecule has 0 heterocycles. The quantitative estimate of drug-likeness (QED) is 0.799. The van der Waals surface area contributed by atoms with Crippen LogP contribution < -0.4 is 5.32 Å². The highest BCUT2D eigenvalue weighted by Crippen LogP contribution is 2.17. The van der Waals surface area contributed by atoms with Gasteiger partial charge in [0.15, 0.2) is 0 Å². The maximum absolute atomic E-state index is 12.9. The molecular weight excluding hydrogens is 245 g/mol. The first-order valence-electron chi connectivity index (χ1n) is 5.37. The van der Waals surface area contributed by atoms with E-state index in [2.05, 4.69) is 5.32 Å². The van der Waals surface area contributed by atoms with Crippen LogP contribution in [0, 0.1) is 11.7 Å². The summed E-state index contributed by atoms with van der Waals surface area (Å²) < 4.78 is 12.9. The molecule has 0 aliphatic rings. The number of halogens is 2. The highest BCUT2D eigenvalue weighted by molar-refractivity contribution is 6.17. The Balaban J connectivity index is 2.61. The number of carbonyl (C=O) groups is 1. The van der Waals surface area contributed by atoms with E-state index in [0.29, 0.717) is 12.4 Å². The van der Waals surface area contributed by atoms with Gasteiger partial charge in [0.05, 0.1) is 5.56 Å². The molecule has 1 aromatic carbocycles. The van der Waals surface area contributed by atoms with Gasteiger partial charge in [0.2, 0.25) is 0 Å². The normalized spacial score (nSPS) is 12.2. The van der Waals surface area contributed by atoms with E-state index in [0.717, 1.165) is 24.6 Å². The van der Waals surface area contributed by atoms with Gasteiger partial charge in [0, 0.05) is 12.4 Å². The van der Waals surface area contributed by atoms with Crippen molar-refractivity contribution in [2.24, 2.45) is 5.92 Å². The standard InChI is InChI=1S/C12H15ClFNO2/c1-8(4-5-13)7-15-12(17)10-6-9(14)2-3-11(10)16/h2-3,6,8,16H,4-5,7H2,1H3,(H,15,17). The number of rotatable bonds is 5. The lowest BCUT2D eigenvalue weighted by molar-refractivity contribution is 0.0944. The number of benzene rings is 1. The third-order valence-corrected chi connectivity index (χ3v) is 2.63. The molecule has 5 heteroatoms. The first kappa shape index (κ1) is 13.8. The second-order valence-electron chi connectivity index (χ2n) is 3.95. The number of hydrogen-bond acceptors (Lipinski definition) is 2. The summed E-state index contributed by atoms with van der Waals surface area (Å²) in [5, 5.41) is 12.1. The zero-order valence-corrected chi connectivity index (χ0v) is 10.3. The number of carbonyl (C=O) groups excluding carboxylic acids is 1. The van der Waals surface area contributed by atoms with Crippen LogP contribution in [0.3, 0.4) is 0 Å². The molecule has 94 valence electrons. The van der Waals surface area contributed by atoms with Gasteiger partial charge in [-0.2, -0.15) is 0 Å². The Kier molecular flexibility index (Phi) is 5.22. The van der Waals surface area contributed by atoms with E-state index in [9.17, 15) is 14.3 Å². The van der Waals surface area contributed by atoms with E-state index in [-0.39, 0.29) is 17.2 Å². The zero-order chi connectivity index (χ0) is 12.8. The molecule has 0 saturated heterocycles. The van der Waals surface area contributed by atoms with Crippen molar-refractivity contribution in [3.63, 3.8) is 0 Å². The van der Waals surface area contributed by atoms with Crippen LogP contribution in [0.4, 0.5) is 4.39 Å². The first-order chi connectivity index (χ1) is 8.04. The summed E-state index contributed by atoms with van der Waals surface area (Å²) in [6.07, 6.45) is 0.789. The molecular formula is C12H15ClFNO2. The van der Waals surface area contributed by atoms with Gasteiger partial charge in [-0.05, 0) is 30.5 Å². The number of amides is 1. The largest absolute Gasteiger partial charge is 0.507 e. The van der Waals surface area contributed by atoms with Gasteiger partial charge in [-0.1, -0.05) is 6.92 Å². The van der Waals surface area contributed by atoms with Crippen molar-refractivity contribution in [3.8, 4) is 5.75 Å². The Morgan fingerprint density at radius 2 is 2.29 bits per heavy atom. The van der Waals surface area contributed by atoms with E-state index in [4.69, 9.17) is 11.6 Å². The van der Waals surface area contributed by atoms with Gasteiger partial charge in [-0.3, -0.25) is 4.79 Å². The fourth-order valence-electron chi connectivity index (χ4n) is 1.34. The fraction of sp³-hybridized carbons (Fsp3) is 0.417. The number of nitrogens with one attached hydrogen (secondary N) is 1. The minimum atomic E-state index is -0.554. The molecule has 0 aliphatic heterocycles. The topological polar surface area (TPSA) is 49.3 Å². The summed E-state index contributed by atoms with van der Waals surface area (Å²) >= 11 is 5.57. The average Bonchev–Trinajstić information content (AvgIpc) is 2.29. The highest BCUT2D eigenvalue weighted by atomic mass is 35.5. The van der Waals surface area contributed by atoms with Gasteiger partial charge in [-0.15, -0.1) is 11.6 Å². The van der Waals surface area contributed by atoms with Crippen molar-refractivity contribution in [2.75, 3.05) is 12.4 Å². The van der Waals surface area contributed by atoms with Crippen LogP contribution >= 0.6 is 11.6 Å². The van der Waals surface area contributed by atoms with Gasteiger partial charge in [-0.25, -0.2) is 4.39 Å². The second-order valence-corrected chi connectivity index (χ2v) is 4.33. The van der Waals surface area contributed by atoms with Crippen molar-refractivity contribution in [1.82, 2.24) is 5.32 Å². The molecule has 2 N–H and O–H groups in total. The van der Waals surface area contributed by atoms with E-state index in [1.54, 1.807) is 0 Å². The Hall–Kier alpha value is -1.29. The highest BCUT2D eigenvalue weighted by Gasteiger charge is 2.12. The Morgan fingerprint density at radius 1 is 1.59 bits per heavy atom. The van der Waals surface area contributed by atoms with E-state index >= 15 is 0 Å². The number of hydrogen-bond donors (Lipinski definition) is 2. The van der Waals surface area contributed by atoms with Crippen LogP contribution in [0.25, 0.3) is 0 Å². The van der Waals surface area contributed by atoms with Crippen molar-refractivity contribution in [2.45, 2.75) is 13.3 Å². The minimum Gasteiger partial charge on any atom is -0.507 e. The van der Waals surface area contributed by atoms with Gasteiger partial charge in [0.25, 0.3) is 5.91 Å². The molecule has 0 saturated carbocycles. The number of aromatic hydroxyl groups is 1. The Labute approximate surface area is 105 Å². The molecule has 0 bridgehead atoms. The zero-order valence-electron chi connectivity index (χ0n) is 9.54. The Morgan fingerprint density at radius 3 is 2.94 bits per heavy atom. The van der Waals surface area contributed by atoms with Crippen LogP contribution in [0.5, 0.6) is 5.75 Å². The molecule has 17 heavy (non-hydrogen) atoms. The molecule has 1 aromatic rings. The molecule has 1 rings (SSSR count). The number of alkyl halides is 1. The van der Waals surface area contributed by atoms with E-state index in [1.807, 2.05) is 6.92 Å². The molecule has 0 fully saturated rings. The van der Waals surface area contributed by atoms with Crippen LogP contribution in [0.1, 0.15) is 23.7 Å². The van der Waals surface area contributed by atoms with Gasteiger partial charge in [0.1, 0.15) is 11.6 Å². The summed E-state index contributed by atoms with van der Waals surface area (Å²) in [4.78, 5) is 11.7. The van der Waals surface area contributed by atoms with Crippen LogP contribution in [0.2, 0.25) is 0 Å². The van der Waals surface area contributed by atoms with E-state index in [1.165, 1.54) is 0 Å². The van der Waals surface area contributed by atoms with Crippen molar-refractivity contribution in [1.29, 1.82) is 0 Å². The first-order valence-corrected chi connectivity index (χ1v) is 5.90. The predicted octanol–water partition coefficient (Wildman–Crippen LogP) is 2.53. The molecule has 0 spiro atoms. The van der Waals surface area contributed by atoms with Crippen molar-refractivity contribution in [3.05, 3.63) is 29.6 Å². The molecule has 1 unspecified atom stereocenters. The second kappa shape index (κ2) is 6.45. The summed E-state index contributed by atoms with van der Waals surface area (Å²) in [5.41, 5.74) is -0.0527. The number of phenolic OH excluding ortho intramolecular Hbond substituents is 1. The monoisotopic (exact) mass is 259 g/mol. The third kappa shape index (κ3) is 4.23. The SMILES string of the molecule is CC(CCCl)CNC(=O)c1cc(F)ccc1O. The van der Waals surface area contributed by atoms with E-state index < -0.39 is 11.7 Å². The van der Waals surface area contributed by atoms with Gasteiger partial charge >= 0.3 is 0 Å². The van der Waals surface area contributed by atoms with Crippen LogP contribution in [-0.4, -0.2) is 23.4 Å².